The molecule has 2 heterocycles. The molecule has 2 aliphatic rings. The normalized spacial score (nSPS) is 23.7. The zero-order chi connectivity index (χ0) is 16.0. The van der Waals surface area contributed by atoms with Crippen LogP contribution in [0.3, 0.4) is 0 Å². The van der Waals surface area contributed by atoms with E-state index in [0.717, 1.165) is 0 Å². The Morgan fingerprint density at radius 3 is 2.61 bits per heavy atom. The van der Waals surface area contributed by atoms with Crippen molar-refractivity contribution in [2.75, 3.05) is 32.1 Å². The minimum Gasteiger partial charge on any atom is -0.370 e. The number of aryl methyl sites for hydroxylation is 1. The SMILES string of the molecule is Cc1ccc(Sc2cccc3c2N(C)C2CCN(C)CC32)cc1. The van der Waals surface area contributed by atoms with Gasteiger partial charge in [-0.1, -0.05) is 41.6 Å². The summed E-state index contributed by atoms with van der Waals surface area (Å²) in [6.07, 6.45) is 1.26. The minimum absolute atomic E-state index is 0.660. The van der Waals surface area contributed by atoms with Gasteiger partial charge in [0.2, 0.25) is 0 Å². The lowest BCUT2D eigenvalue weighted by molar-refractivity contribution is 0.234. The molecule has 0 spiro atoms. The lowest BCUT2D eigenvalue weighted by Crippen LogP contribution is -2.43. The van der Waals surface area contributed by atoms with E-state index < -0.39 is 0 Å². The molecule has 0 N–H and O–H groups in total. The summed E-state index contributed by atoms with van der Waals surface area (Å²) in [5, 5.41) is 0. The first-order chi connectivity index (χ1) is 11.1. The molecule has 4 rings (SSSR count). The van der Waals surface area contributed by atoms with Gasteiger partial charge in [0.25, 0.3) is 0 Å². The Kier molecular flexibility index (Phi) is 3.86. The smallest absolute Gasteiger partial charge is 0.0544 e. The number of fused-ring (bicyclic) bond motifs is 3. The van der Waals surface area contributed by atoms with Crippen molar-refractivity contribution in [1.82, 2.24) is 4.90 Å². The third-order valence-electron chi connectivity index (χ3n) is 5.31. The Labute approximate surface area is 143 Å². The second-order valence-electron chi connectivity index (χ2n) is 6.94. The zero-order valence-electron chi connectivity index (χ0n) is 14.1. The van der Waals surface area contributed by atoms with E-state index in [1.54, 1.807) is 5.56 Å². The van der Waals surface area contributed by atoms with Crippen molar-refractivity contribution < 1.29 is 0 Å². The van der Waals surface area contributed by atoms with Crippen LogP contribution in [0.5, 0.6) is 0 Å². The van der Waals surface area contributed by atoms with Crippen LogP contribution in [0.25, 0.3) is 0 Å². The van der Waals surface area contributed by atoms with Gasteiger partial charge in [0, 0.05) is 35.3 Å². The van der Waals surface area contributed by atoms with Crippen LogP contribution < -0.4 is 4.90 Å². The largest absolute Gasteiger partial charge is 0.370 e. The predicted molar refractivity (Wildman–Crippen MR) is 98.8 cm³/mol. The summed E-state index contributed by atoms with van der Waals surface area (Å²) in [5.41, 5.74) is 4.32. The summed E-state index contributed by atoms with van der Waals surface area (Å²) in [5.74, 6) is 0.660. The second-order valence-corrected chi connectivity index (χ2v) is 8.06. The van der Waals surface area contributed by atoms with Crippen molar-refractivity contribution in [3.8, 4) is 0 Å². The van der Waals surface area contributed by atoms with Gasteiger partial charge in [-0.05, 0) is 50.7 Å². The highest BCUT2D eigenvalue weighted by molar-refractivity contribution is 7.99. The maximum Gasteiger partial charge on any atom is 0.0544 e. The molecule has 2 aromatic carbocycles. The molecule has 120 valence electrons. The Bertz CT molecular complexity index is 710. The van der Waals surface area contributed by atoms with Crippen molar-refractivity contribution in [2.45, 2.75) is 35.1 Å². The van der Waals surface area contributed by atoms with Crippen molar-refractivity contribution in [3.05, 3.63) is 53.6 Å². The number of benzene rings is 2. The van der Waals surface area contributed by atoms with Crippen LogP contribution in [0.1, 0.15) is 23.5 Å². The van der Waals surface area contributed by atoms with Crippen molar-refractivity contribution in [1.29, 1.82) is 0 Å². The summed E-state index contributed by atoms with van der Waals surface area (Å²) >= 11 is 1.90. The molecule has 2 aliphatic heterocycles. The molecular weight excluding hydrogens is 300 g/mol. The van der Waals surface area contributed by atoms with Crippen molar-refractivity contribution in [3.63, 3.8) is 0 Å². The molecule has 1 fully saturated rings. The second kappa shape index (κ2) is 5.88. The lowest BCUT2D eigenvalue weighted by atomic mass is 9.89. The molecule has 2 atom stereocenters. The standard InChI is InChI=1S/C20H24N2S/c1-14-7-9-15(10-8-14)23-19-6-4-5-16-17-13-21(2)12-11-18(17)22(3)20(16)19/h4-10,17-18H,11-13H2,1-3H3. The number of likely N-dealkylation sites (tertiary alicyclic amines) is 1. The molecule has 23 heavy (non-hydrogen) atoms. The molecule has 0 saturated carbocycles. The Balaban J connectivity index is 1.70. The summed E-state index contributed by atoms with van der Waals surface area (Å²) in [7, 11) is 4.53. The van der Waals surface area contributed by atoms with E-state index in [4.69, 9.17) is 0 Å². The Hall–Kier alpha value is -1.45. The molecule has 3 heteroatoms. The molecule has 0 aliphatic carbocycles. The van der Waals surface area contributed by atoms with Gasteiger partial charge in [-0.2, -0.15) is 0 Å². The molecule has 0 bridgehead atoms. The highest BCUT2D eigenvalue weighted by Crippen LogP contribution is 2.49. The van der Waals surface area contributed by atoms with Gasteiger partial charge in [0.05, 0.1) is 5.69 Å². The van der Waals surface area contributed by atoms with Gasteiger partial charge in [-0.25, -0.2) is 0 Å². The first kappa shape index (κ1) is 15.1. The number of piperidine rings is 1. The van der Waals surface area contributed by atoms with E-state index in [1.807, 2.05) is 11.8 Å². The highest BCUT2D eigenvalue weighted by atomic mass is 32.2. The molecule has 1 saturated heterocycles. The molecule has 2 nitrogen and oxygen atoms in total. The zero-order valence-corrected chi connectivity index (χ0v) is 14.9. The third-order valence-corrected chi connectivity index (χ3v) is 6.37. The summed E-state index contributed by atoms with van der Waals surface area (Å²) in [6.45, 7) is 4.53. The fourth-order valence-corrected chi connectivity index (χ4v) is 5.10. The number of rotatable bonds is 2. The van der Waals surface area contributed by atoms with Crippen LogP contribution in [0, 0.1) is 6.92 Å². The number of nitrogens with zero attached hydrogens (tertiary/aromatic N) is 2. The van der Waals surface area contributed by atoms with E-state index in [2.05, 4.69) is 73.3 Å². The van der Waals surface area contributed by atoms with Gasteiger partial charge >= 0.3 is 0 Å². The average molecular weight is 324 g/mol. The van der Waals surface area contributed by atoms with E-state index in [1.165, 1.54) is 40.6 Å². The lowest BCUT2D eigenvalue weighted by Gasteiger charge is -2.35. The molecule has 2 aromatic rings. The quantitative estimate of drug-likeness (QED) is 0.809. The summed E-state index contributed by atoms with van der Waals surface area (Å²) in [4.78, 5) is 7.74. The molecule has 2 unspecified atom stereocenters. The van der Waals surface area contributed by atoms with E-state index in [9.17, 15) is 0 Å². The average Bonchev–Trinajstić information content (AvgIpc) is 2.83. The first-order valence-electron chi connectivity index (χ1n) is 8.42. The number of hydrogen-bond donors (Lipinski definition) is 0. The number of likely N-dealkylation sites (N-methyl/N-ethyl adjacent to an activating group) is 2. The van der Waals surface area contributed by atoms with Gasteiger partial charge in [0.15, 0.2) is 0 Å². The van der Waals surface area contributed by atoms with Crippen LogP contribution in [-0.4, -0.2) is 38.1 Å². The molecule has 0 amide bonds. The van der Waals surface area contributed by atoms with E-state index >= 15 is 0 Å². The Morgan fingerprint density at radius 1 is 1.04 bits per heavy atom. The van der Waals surface area contributed by atoms with E-state index in [-0.39, 0.29) is 0 Å². The third kappa shape index (κ3) is 2.66. The maximum absolute atomic E-state index is 2.55. The van der Waals surface area contributed by atoms with E-state index in [0.29, 0.717) is 12.0 Å². The fourth-order valence-electron chi connectivity index (χ4n) is 4.07. The van der Waals surface area contributed by atoms with Crippen LogP contribution in [0.4, 0.5) is 5.69 Å². The highest BCUT2D eigenvalue weighted by Gasteiger charge is 2.40. The number of anilines is 1. The van der Waals surface area contributed by atoms with Crippen LogP contribution in [-0.2, 0) is 0 Å². The van der Waals surface area contributed by atoms with Crippen molar-refractivity contribution in [2.24, 2.45) is 0 Å². The van der Waals surface area contributed by atoms with Crippen molar-refractivity contribution >= 4 is 17.4 Å². The summed E-state index contributed by atoms with van der Waals surface area (Å²) in [6, 6.07) is 16.4. The number of para-hydroxylation sites is 1. The molecule has 0 aromatic heterocycles. The fraction of sp³-hybridized carbons (Fsp3) is 0.400. The van der Waals surface area contributed by atoms with Gasteiger partial charge < -0.3 is 9.80 Å². The Morgan fingerprint density at radius 2 is 1.83 bits per heavy atom. The number of hydrogen-bond acceptors (Lipinski definition) is 3. The van der Waals surface area contributed by atoms with Crippen LogP contribution >= 0.6 is 11.8 Å². The minimum atomic E-state index is 0.660. The van der Waals surface area contributed by atoms with Gasteiger partial charge in [0.1, 0.15) is 0 Å². The molecule has 0 radical (unpaired) electrons. The van der Waals surface area contributed by atoms with Crippen LogP contribution in [0.15, 0.2) is 52.3 Å². The predicted octanol–water partition coefficient (Wildman–Crippen LogP) is 4.38. The first-order valence-corrected chi connectivity index (χ1v) is 9.24. The maximum atomic E-state index is 2.55. The van der Waals surface area contributed by atoms with Gasteiger partial charge in [-0.15, -0.1) is 0 Å². The summed E-state index contributed by atoms with van der Waals surface area (Å²) < 4.78 is 0. The van der Waals surface area contributed by atoms with Crippen LogP contribution in [0.2, 0.25) is 0 Å². The molecular formula is C20H24N2S. The van der Waals surface area contributed by atoms with Gasteiger partial charge in [-0.3, -0.25) is 0 Å². The topological polar surface area (TPSA) is 6.48 Å². The monoisotopic (exact) mass is 324 g/mol.